The molecule has 138 valence electrons. The molecule has 0 N–H and O–H groups in total. The molecule has 1 aromatic heterocycles. The molecule has 8 heteroatoms. The first kappa shape index (κ1) is 18.4. The average molecular weight is 383 g/mol. The van der Waals surface area contributed by atoms with Crippen LogP contribution in [0.15, 0.2) is 47.6 Å². The maximum atomic E-state index is 12.9. The van der Waals surface area contributed by atoms with Gasteiger partial charge in [0.15, 0.2) is 0 Å². The molecule has 0 fully saturated rings. The summed E-state index contributed by atoms with van der Waals surface area (Å²) in [5.74, 6) is 0.315. The Balaban J connectivity index is 2.23. The Hall–Kier alpha value is -2.35. The van der Waals surface area contributed by atoms with Gasteiger partial charge in [0.1, 0.15) is 11.4 Å². The second-order valence-corrected chi connectivity index (χ2v) is 8.56. The molecule has 26 heavy (non-hydrogen) atoms. The molecule has 4 nitrogen and oxygen atoms in total. The summed E-state index contributed by atoms with van der Waals surface area (Å²) in [6.07, 6.45) is 4.98. The molecule has 2 heterocycles. The first-order valence-corrected chi connectivity index (χ1v) is 9.19. The van der Waals surface area contributed by atoms with E-state index < -0.39 is 25.8 Å². The fraction of sp³-hybridized carbons (Fsp3) is 0.278. The zero-order valence-electron chi connectivity index (χ0n) is 14.3. The second kappa shape index (κ2) is 5.84. The van der Waals surface area contributed by atoms with Gasteiger partial charge in [0, 0.05) is 23.5 Å². The van der Waals surface area contributed by atoms with Crippen molar-refractivity contribution in [1.29, 1.82) is 0 Å². The van der Waals surface area contributed by atoms with Crippen LogP contribution in [0, 0.1) is 6.92 Å². The molecule has 2 aromatic rings. The molecule has 0 saturated carbocycles. The van der Waals surface area contributed by atoms with Crippen molar-refractivity contribution in [1.82, 2.24) is 4.98 Å². The van der Waals surface area contributed by atoms with Crippen molar-refractivity contribution in [2.45, 2.75) is 36.8 Å². The topological polar surface area (TPSA) is 56.3 Å². The van der Waals surface area contributed by atoms with Gasteiger partial charge in [-0.1, -0.05) is 0 Å². The lowest BCUT2D eigenvalue weighted by atomic mass is 9.90. The smallest absolute Gasteiger partial charge is 0.483 e. The van der Waals surface area contributed by atoms with Crippen molar-refractivity contribution in [3.63, 3.8) is 0 Å². The van der Waals surface area contributed by atoms with Crippen molar-refractivity contribution in [3.05, 3.63) is 59.4 Å². The van der Waals surface area contributed by atoms with Crippen molar-refractivity contribution in [2.24, 2.45) is 0 Å². The average Bonchev–Trinajstić information content (AvgIpc) is 2.51. The van der Waals surface area contributed by atoms with Crippen molar-refractivity contribution in [3.8, 4) is 5.75 Å². The Labute approximate surface area is 149 Å². The minimum atomic E-state index is -5.45. The van der Waals surface area contributed by atoms with Crippen LogP contribution < -0.4 is 4.74 Å². The molecule has 1 aromatic carbocycles. The maximum absolute atomic E-state index is 12.9. The van der Waals surface area contributed by atoms with Crippen LogP contribution in [0.3, 0.4) is 0 Å². The molecule has 0 amide bonds. The molecule has 0 bridgehead atoms. The summed E-state index contributed by atoms with van der Waals surface area (Å²) >= 11 is 0. The van der Waals surface area contributed by atoms with E-state index in [-0.39, 0.29) is 5.56 Å². The monoisotopic (exact) mass is 383 g/mol. The Morgan fingerprint density at radius 3 is 2.42 bits per heavy atom. The van der Waals surface area contributed by atoms with Gasteiger partial charge >= 0.3 is 5.51 Å². The maximum Gasteiger partial charge on any atom is 0.501 e. The van der Waals surface area contributed by atoms with Crippen LogP contribution in [0.4, 0.5) is 13.2 Å². The van der Waals surface area contributed by atoms with E-state index in [1.54, 1.807) is 32.3 Å². The molecule has 3 rings (SSSR count). The fourth-order valence-electron chi connectivity index (χ4n) is 2.79. The van der Waals surface area contributed by atoms with Crippen LogP contribution in [-0.2, 0) is 9.84 Å². The van der Waals surface area contributed by atoms with Gasteiger partial charge in [0.2, 0.25) is 0 Å². The molecular formula is C18H16F3NO3S. The summed E-state index contributed by atoms with van der Waals surface area (Å²) in [6, 6.07) is 5.00. The number of aryl methyl sites for hydroxylation is 1. The molecule has 0 aliphatic carbocycles. The van der Waals surface area contributed by atoms with Crippen LogP contribution >= 0.6 is 0 Å². The Morgan fingerprint density at radius 2 is 1.81 bits per heavy atom. The number of pyridine rings is 1. The highest BCUT2D eigenvalue weighted by Crippen LogP contribution is 2.42. The number of sulfone groups is 1. The molecule has 1 aliphatic heterocycles. The van der Waals surface area contributed by atoms with Crippen LogP contribution in [0.25, 0.3) is 5.57 Å². The molecule has 1 aliphatic rings. The molecule has 0 saturated heterocycles. The highest BCUT2D eigenvalue weighted by atomic mass is 32.2. The third kappa shape index (κ3) is 3.21. The van der Waals surface area contributed by atoms with Gasteiger partial charge < -0.3 is 4.74 Å². The predicted octanol–water partition coefficient (Wildman–Crippen LogP) is 4.29. The zero-order chi connectivity index (χ0) is 19.3. The third-order valence-corrected chi connectivity index (χ3v) is 5.39. The lowest BCUT2D eigenvalue weighted by Crippen LogP contribution is -2.29. The molecule has 0 atom stereocenters. The normalized spacial score (nSPS) is 16.5. The van der Waals surface area contributed by atoms with Gasteiger partial charge in [-0.05, 0) is 62.2 Å². The van der Waals surface area contributed by atoms with Gasteiger partial charge in [-0.25, -0.2) is 8.42 Å². The number of fused-ring (bicyclic) bond motifs is 1. The van der Waals surface area contributed by atoms with Crippen LogP contribution in [0.2, 0.25) is 0 Å². The standard InChI is InChI=1S/C18H16F3NO3S/c1-11-6-12(10-22-9-11)15-8-17(2,3)25-16-5-4-13(7-14(15)16)26(23,24)18(19,20)21/h4-10H,1-3H3. The van der Waals surface area contributed by atoms with Gasteiger partial charge in [-0.15, -0.1) is 0 Å². The van der Waals surface area contributed by atoms with Gasteiger partial charge in [-0.3, -0.25) is 4.98 Å². The van der Waals surface area contributed by atoms with Crippen LogP contribution in [0.1, 0.15) is 30.5 Å². The van der Waals surface area contributed by atoms with E-state index in [9.17, 15) is 21.6 Å². The molecule has 0 unspecified atom stereocenters. The Bertz CT molecular complexity index is 1010. The summed E-state index contributed by atoms with van der Waals surface area (Å²) in [6.45, 7) is 5.45. The third-order valence-electron chi connectivity index (χ3n) is 3.91. The van der Waals surface area contributed by atoms with E-state index in [4.69, 9.17) is 4.74 Å². The van der Waals surface area contributed by atoms with Crippen molar-refractivity contribution in [2.75, 3.05) is 0 Å². The Morgan fingerprint density at radius 1 is 1.12 bits per heavy atom. The number of rotatable bonds is 2. The van der Waals surface area contributed by atoms with Crippen molar-refractivity contribution < 1.29 is 26.3 Å². The quantitative estimate of drug-likeness (QED) is 0.777. The first-order valence-electron chi connectivity index (χ1n) is 7.70. The largest absolute Gasteiger partial charge is 0.501 e. The minimum Gasteiger partial charge on any atom is -0.483 e. The van der Waals surface area contributed by atoms with Gasteiger partial charge in [0.25, 0.3) is 9.84 Å². The minimum absolute atomic E-state index is 0.280. The number of aromatic nitrogens is 1. The summed E-state index contributed by atoms with van der Waals surface area (Å²) < 4.78 is 68.0. The molecular weight excluding hydrogens is 367 g/mol. The van der Waals surface area contributed by atoms with Crippen molar-refractivity contribution >= 4 is 15.4 Å². The van der Waals surface area contributed by atoms with Crippen LogP contribution in [0.5, 0.6) is 5.75 Å². The zero-order valence-corrected chi connectivity index (χ0v) is 15.1. The fourth-order valence-corrected chi connectivity index (χ4v) is 3.58. The summed E-state index contributed by atoms with van der Waals surface area (Å²) in [5.41, 5.74) is -3.69. The van der Waals surface area contributed by atoms with Crippen LogP contribution in [-0.4, -0.2) is 24.5 Å². The first-order chi connectivity index (χ1) is 11.9. The summed E-state index contributed by atoms with van der Waals surface area (Å²) in [7, 11) is -5.45. The number of alkyl halides is 3. The second-order valence-electron chi connectivity index (χ2n) is 6.62. The number of hydrogen-bond donors (Lipinski definition) is 0. The summed E-state index contributed by atoms with van der Waals surface area (Å²) in [4.78, 5) is 3.29. The highest BCUT2D eigenvalue weighted by molar-refractivity contribution is 7.92. The molecule has 0 radical (unpaired) electrons. The van der Waals surface area contributed by atoms with Gasteiger partial charge in [-0.2, -0.15) is 13.2 Å². The summed E-state index contributed by atoms with van der Waals surface area (Å²) in [5, 5.41) is 0. The predicted molar refractivity (Wildman–Crippen MR) is 90.4 cm³/mol. The Kier molecular flexibility index (Phi) is 4.14. The van der Waals surface area contributed by atoms with E-state index in [2.05, 4.69) is 4.98 Å². The highest BCUT2D eigenvalue weighted by Gasteiger charge is 2.47. The number of hydrogen-bond acceptors (Lipinski definition) is 4. The van der Waals surface area contributed by atoms with E-state index >= 15 is 0 Å². The number of halogens is 3. The lowest BCUT2D eigenvalue weighted by molar-refractivity contribution is -0.0436. The molecule has 0 spiro atoms. The van der Waals surface area contributed by atoms with E-state index in [1.165, 1.54) is 6.07 Å². The SMILES string of the molecule is Cc1cncc(C2=CC(C)(C)Oc3ccc(S(=O)(=O)C(F)(F)F)cc32)c1. The number of nitrogens with zero attached hydrogens (tertiary/aromatic N) is 1. The lowest BCUT2D eigenvalue weighted by Gasteiger charge is -2.31. The van der Waals surface area contributed by atoms with Gasteiger partial charge in [0.05, 0.1) is 4.90 Å². The van der Waals surface area contributed by atoms with E-state index in [1.807, 2.05) is 13.0 Å². The van der Waals surface area contributed by atoms with E-state index in [0.717, 1.165) is 17.7 Å². The number of ether oxygens (including phenoxy) is 1. The van der Waals surface area contributed by atoms with E-state index in [0.29, 0.717) is 16.9 Å². The number of benzene rings is 1.